The Morgan fingerprint density at radius 1 is 1.08 bits per heavy atom. The Balaban J connectivity index is 3.35. The summed E-state index contributed by atoms with van der Waals surface area (Å²) in [5.41, 5.74) is 0. The van der Waals surface area contributed by atoms with E-state index in [4.69, 9.17) is 4.43 Å². The highest BCUT2D eigenvalue weighted by Crippen LogP contribution is 2.19. The highest BCUT2D eigenvalue weighted by atomic mass is 79.9. The molecule has 0 saturated heterocycles. The second-order valence-corrected chi connectivity index (χ2v) is 19.7. The van der Waals surface area contributed by atoms with Crippen molar-refractivity contribution >= 4 is 30.3 Å². The summed E-state index contributed by atoms with van der Waals surface area (Å²) >= 11 is 3.75. The molecule has 12 heavy (non-hydrogen) atoms. The molecule has 0 N–H and O–H groups in total. The highest BCUT2D eigenvalue weighted by molar-refractivity contribution is 9.26. The topological polar surface area (TPSA) is 9.23 Å². The van der Waals surface area contributed by atoms with Crippen LogP contribution < -0.4 is 0 Å². The quantitative estimate of drug-likeness (QED) is 0.419. The van der Waals surface area contributed by atoms with Gasteiger partial charge in [-0.3, -0.25) is 0 Å². The molecule has 4 heteroatoms. The van der Waals surface area contributed by atoms with Crippen LogP contribution in [-0.4, -0.2) is 21.6 Å². The third-order valence-corrected chi connectivity index (χ3v) is 5.25. The molecule has 0 aromatic heterocycles. The smallest absolute Gasteiger partial charge is 0.183 e. The number of halogens is 1. The van der Waals surface area contributed by atoms with Crippen LogP contribution in [0, 0.1) is 0 Å². The van der Waals surface area contributed by atoms with E-state index in [1.54, 1.807) is 0 Å². The van der Waals surface area contributed by atoms with Gasteiger partial charge in [0.15, 0.2) is 8.32 Å². The normalized spacial score (nSPS) is 13.5. The van der Waals surface area contributed by atoms with Gasteiger partial charge in [0.05, 0.1) is 0 Å². The van der Waals surface area contributed by atoms with Crippen molar-refractivity contribution in [2.75, 3.05) is 6.61 Å². The molecular formula is C8H21BrOSi2. The van der Waals surface area contributed by atoms with Crippen LogP contribution in [0.4, 0.5) is 0 Å². The van der Waals surface area contributed by atoms with Gasteiger partial charge >= 0.3 is 0 Å². The summed E-state index contributed by atoms with van der Waals surface area (Å²) < 4.78 is 5.76. The van der Waals surface area contributed by atoms with Crippen LogP contribution in [0.3, 0.4) is 0 Å². The number of hydrogen-bond donors (Lipinski definition) is 0. The lowest BCUT2D eigenvalue weighted by Gasteiger charge is -2.19. The van der Waals surface area contributed by atoms with E-state index >= 15 is 0 Å². The zero-order chi connectivity index (χ0) is 9.83. The minimum Gasteiger partial charge on any atom is -0.418 e. The van der Waals surface area contributed by atoms with Gasteiger partial charge in [0, 0.05) is 6.61 Å². The van der Waals surface area contributed by atoms with Crippen LogP contribution in [0.1, 0.15) is 6.42 Å². The molecule has 1 nitrogen and oxygen atoms in total. The monoisotopic (exact) mass is 268 g/mol. The molecular weight excluding hydrogens is 248 g/mol. The Kier molecular flexibility index (Phi) is 5.29. The van der Waals surface area contributed by atoms with Crippen molar-refractivity contribution in [3.63, 3.8) is 0 Å². The third kappa shape index (κ3) is 10.9. The van der Waals surface area contributed by atoms with Gasteiger partial charge in [-0.25, -0.2) is 0 Å². The Bertz CT molecular complexity index is 110. The van der Waals surface area contributed by atoms with Crippen molar-refractivity contribution in [1.29, 1.82) is 0 Å². The van der Waals surface area contributed by atoms with Crippen LogP contribution in [0.15, 0.2) is 0 Å². The maximum atomic E-state index is 5.76. The average Bonchev–Trinajstić information content (AvgIpc) is 1.76. The van der Waals surface area contributed by atoms with Gasteiger partial charge in [-0.1, -0.05) is 13.1 Å². The molecule has 0 unspecified atom stereocenters. The minimum atomic E-state index is -1.25. The summed E-state index contributed by atoms with van der Waals surface area (Å²) in [6.45, 7) is 11.3. The predicted molar refractivity (Wildman–Crippen MR) is 65.1 cm³/mol. The van der Waals surface area contributed by atoms with Crippen molar-refractivity contribution in [3.05, 3.63) is 0 Å². The van der Waals surface area contributed by atoms with Gasteiger partial charge < -0.3 is 4.43 Å². The van der Waals surface area contributed by atoms with Gasteiger partial charge in [0.1, 0.15) is 6.69 Å². The first-order valence-electron chi connectivity index (χ1n) is 4.54. The second-order valence-electron chi connectivity index (χ2n) is 4.78. The summed E-state index contributed by atoms with van der Waals surface area (Å²) in [6.07, 6.45) is 1.22. The lowest BCUT2D eigenvalue weighted by molar-refractivity contribution is 0.311. The zero-order valence-electron chi connectivity index (χ0n) is 8.91. The largest absolute Gasteiger partial charge is 0.418 e. The maximum absolute atomic E-state index is 5.76. The first kappa shape index (κ1) is 12.9. The second kappa shape index (κ2) is 4.93. The lowest BCUT2D eigenvalue weighted by Crippen LogP contribution is -2.26. The number of hydrogen-bond acceptors (Lipinski definition) is 1. The number of rotatable bonds is 5. The molecule has 0 spiro atoms. The van der Waals surface area contributed by atoms with Crippen molar-refractivity contribution < 1.29 is 4.43 Å². The molecule has 74 valence electrons. The van der Waals surface area contributed by atoms with Crippen LogP contribution in [-0.2, 0) is 4.43 Å². The van der Waals surface area contributed by atoms with E-state index < -0.39 is 15.0 Å². The average molecular weight is 269 g/mol. The molecule has 0 aromatic rings. The molecule has 0 heterocycles. The molecule has 0 amide bonds. The fraction of sp³-hybridized carbons (Fsp3) is 1.00. The zero-order valence-corrected chi connectivity index (χ0v) is 12.5. The molecule has 0 aliphatic carbocycles. The summed E-state index contributed by atoms with van der Waals surface area (Å²) in [4.78, 5) is 0. The molecule has 0 aliphatic rings. The summed E-state index contributed by atoms with van der Waals surface area (Å²) in [7, 11) is -1.25. The van der Waals surface area contributed by atoms with Crippen LogP contribution >= 0.6 is 15.3 Å². The van der Waals surface area contributed by atoms with Crippen molar-refractivity contribution in [3.8, 4) is 0 Å². The van der Waals surface area contributed by atoms with Crippen molar-refractivity contribution in [2.45, 2.75) is 45.2 Å². The molecule has 0 aromatic carbocycles. The van der Waals surface area contributed by atoms with E-state index in [2.05, 4.69) is 48.0 Å². The molecule has 0 bridgehead atoms. The van der Waals surface area contributed by atoms with Gasteiger partial charge in [0.2, 0.25) is 0 Å². The van der Waals surface area contributed by atoms with Crippen LogP contribution in [0.25, 0.3) is 0 Å². The first-order chi connectivity index (χ1) is 5.21. The SMILES string of the molecule is C[Si](C)(Br)CCCO[Si](C)(C)C. The van der Waals surface area contributed by atoms with E-state index in [9.17, 15) is 0 Å². The molecule has 0 fully saturated rings. The van der Waals surface area contributed by atoms with Crippen LogP contribution in [0.2, 0.25) is 38.8 Å². The van der Waals surface area contributed by atoms with E-state index in [1.807, 2.05) is 0 Å². The molecule has 0 atom stereocenters. The van der Waals surface area contributed by atoms with E-state index in [-0.39, 0.29) is 0 Å². The molecule has 0 aliphatic heterocycles. The Hall–Kier alpha value is 0.874. The third-order valence-electron chi connectivity index (χ3n) is 1.45. The van der Waals surface area contributed by atoms with Crippen LogP contribution in [0.5, 0.6) is 0 Å². The predicted octanol–water partition coefficient (Wildman–Crippen LogP) is 3.83. The van der Waals surface area contributed by atoms with Gasteiger partial charge in [-0.05, 0) is 32.1 Å². The van der Waals surface area contributed by atoms with E-state index in [1.165, 1.54) is 12.5 Å². The Morgan fingerprint density at radius 2 is 1.58 bits per heavy atom. The Labute approximate surface area is 86.6 Å². The summed E-state index contributed by atoms with van der Waals surface area (Å²) in [6, 6.07) is 1.32. The van der Waals surface area contributed by atoms with E-state index in [0.29, 0.717) is 0 Å². The van der Waals surface area contributed by atoms with Crippen molar-refractivity contribution in [2.24, 2.45) is 0 Å². The Morgan fingerprint density at radius 3 is 1.92 bits per heavy atom. The molecule has 0 radical (unpaired) electrons. The van der Waals surface area contributed by atoms with Crippen molar-refractivity contribution in [1.82, 2.24) is 0 Å². The highest BCUT2D eigenvalue weighted by Gasteiger charge is 2.17. The summed E-state index contributed by atoms with van der Waals surface area (Å²) in [5.74, 6) is 0. The van der Waals surface area contributed by atoms with E-state index in [0.717, 1.165) is 6.61 Å². The lowest BCUT2D eigenvalue weighted by atomic mass is 10.5. The maximum Gasteiger partial charge on any atom is 0.183 e. The first-order valence-corrected chi connectivity index (χ1v) is 13.4. The minimum absolute atomic E-state index is 0.956. The van der Waals surface area contributed by atoms with Gasteiger partial charge in [0.25, 0.3) is 0 Å². The van der Waals surface area contributed by atoms with Gasteiger partial charge in [-0.2, -0.15) is 0 Å². The molecule has 0 saturated carbocycles. The van der Waals surface area contributed by atoms with Gasteiger partial charge in [-0.15, -0.1) is 15.3 Å². The molecule has 0 rings (SSSR count). The fourth-order valence-corrected chi connectivity index (χ4v) is 3.45. The standard InChI is InChI=1S/C8H21BrOSi2/c1-11(2,3)10-7-6-8-12(4,5)9/h6-8H2,1-5H3. The summed E-state index contributed by atoms with van der Waals surface area (Å²) in [5, 5.41) is 0. The fourth-order valence-electron chi connectivity index (χ4n) is 0.871.